The number of benzene rings is 1. The summed E-state index contributed by atoms with van der Waals surface area (Å²) in [5.41, 5.74) is 2.46. The zero-order valence-corrected chi connectivity index (χ0v) is 20.2. The number of hydrogen-bond acceptors (Lipinski definition) is 4. The third-order valence-electron chi connectivity index (χ3n) is 5.74. The van der Waals surface area contributed by atoms with Crippen molar-refractivity contribution in [2.75, 3.05) is 39.9 Å². The molecule has 2 N–H and O–H groups in total. The molecular weight excluding hydrogens is 479 g/mol. The molecule has 0 spiro atoms. The van der Waals surface area contributed by atoms with E-state index in [4.69, 9.17) is 9.47 Å². The monoisotopic (exact) mass is 516 g/mol. The number of nitrogens with zero attached hydrogens (tertiary/aromatic N) is 2. The minimum Gasteiger partial charge on any atom is -0.381 e. The molecule has 2 aliphatic heterocycles. The van der Waals surface area contributed by atoms with Crippen LogP contribution in [-0.4, -0.2) is 62.9 Å². The first-order valence-corrected chi connectivity index (χ1v) is 10.7. The molecule has 1 unspecified atom stereocenters. The summed E-state index contributed by atoms with van der Waals surface area (Å²) < 4.78 is 11.4. The SMILES string of the molecule is CCN1CCCC1CNC(=NC)NCc1cccc(COC2CCOCC2)c1.I. The van der Waals surface area contributed by atoms with Crippen LogP contribution in [0.2, 0.25) is 0 Å². The second kappa shape index (κ2) is 13.4. The lowest BCUT2D eigenvalue weighted by Crippen LogP contribution is -2.44. The lowest BCUT2D eigenvalue weighted by molar-refractivity contribution is -0.0390. The van der Waals surface area contributed by atoms with Gasteiger partial charge in [0.15, 0.2) is 5.96 Å². The van der Waals surface area contributed by atoms with Gasteiger partial charge in [0, 0.05) is 39.4 Å². The summed E-state index contributed by atoms with van der Waals surface area (Å²) in [6, 6.07) is 9.22. The average Bonchev–Trinajstić information content (AvgIpc) is 3.21. The smallest absolute Gasteiger partial charge is 0.191 e. The van der Waals surface area contributed by atoms with E-state index in [1.54, 1.807) is 0 Å². The Morgan fingerprint density at radius 3 is 2.76 bits per heavy atom. The van der Waals surface area contributed by atoms with Crippen molar-refractivity contribution < 1.29 is 9.47 Å². The van der Waals surface area contributed by atoms with E-state index in [9.17, 15) is 0 Å². The van der Waals surface area contributed by atoms with Crippen LogP contribution in [0.15, 0.2) is 29.3 Å². The van der Waals surface area contributed by atoms with Crippen molar-refractivity contribution in [2.24, 2.45) is 4.99 Å². The van der Waals surface area contributed by atoms with Crippen LogP contribution in [0.4, 0.5) is 0 Å². The number of halogens is 1. The fraction of sp³-hybridized carbons (Fsp3) is 0.682. The summed E-state index contributed by atoms with van der Waals surface area (Å²) in [6.07, 6.45) is 4.90. The molecule has 0 saturated carbocycles. The van der Waals surface area contributed by atoms with Gasteiger partial charge in [0.2, 0.25) is 0 Å². The Balaban J connectivity index is 0.00000300. The standard InChI is InChI=1S/C22H36N4O2.HI/c1-3-26-11-5-8-20(26)16-25-22(23-2)24-15-18-6-4-7-19(14-18)17-28-21-9-12-27-13-10-21;/h4,6-7,14,20-21H,3,5,8-13,15-17H2,1-2H3,(H2,23,24,25);1H. The van der Waals surface area contributed by atoms with Crippen LogP contribution >= 0.6 is 24.0 Å². The van der Waals surface area contributed by atoms with Crippen molar-refractivity contribution in [3.05, 3.63) is 35.4 Å². The number of hydrogen-bond donors (Lipinski definition) is 2. The van der Waals surface area contributed by atoms with Gasteiger partial charge in [-0.3, -0.25) is 9.89 Å². The number of guanidine groups is 1. The number of rotatable bonds is 8. The molecule has 3 rings (SSSR count). The predicted octanol–water partition coefficient (Wildman–Crippen LogP) is 3.15. The fourth-order valence-electron chi connectivity index (χ4n) is 4.05. The summed E-state index contributed by atoms with van der Waals surface area (Å²) in [7, 11) is 1.83. The van der Waals surface area contributed by atoms with Gasteiger partial charge in [-0.2, -0.15) is 0 Å². The topological polar surface area (TPSA) is 58.1 Å². The minimum atomic E-state index is 0. The highest BCUT2D eigenvalue weighted by atomic mass is 127. The molecule has 2 fully saturated rings. The molecule has 1 aromatic carbocycles. The van der Waals surface area contributed by atoms with E-state index >= 15 is 0 Å². The van der Waals surface area contributed by atoms with E-state index in [1.165, 1.54) is 30.5 Å². The van der Waals surface area contributed by atoms with Gasteiger partial charge < -0.3 is 20.1 Å². The zero-order chi connectivity index (χ0) is 19.6. The highest BCUT2D eigenvalue weighted by molar-refractivity contribution is 14.0. The Labute approximate surface area is 192 Å². The molecule has 0 bridgehead atoms. The number of ether oxygens (including phenoxy) is 2. The summed E-state index contributed by atoms with van der Waals surface area (Å²) in [5.74, 6) is 0.867. The molecule has 7 heteroatoms. The molecule has 0 aromatic heterocycles. The highest BCUT2D eigenvalue weighted by Gasteiger charge is 2.22. The number of likely N-dealkylation sites (N-methyl/N-ethyl adjacent to an activating group) is 1. The van der Waals surface area contributed by atoms with E-state index in [-0.39, 0.29) is 24.0 Å². The molecule has 2 aliphatic rings. The molecular formula is C22H37IN4O2. The molecule has 29 heavy (non-hydrogen) atoms. The molecule has 1 aromatic rings. The Hall–Kier alpha value is -0.900. The first kappa shape index (κ1) is 24.4. The average molecular weight is 516 g/mol. The largest absolute Gasteiger partial charge is 0.381 e. The van der Waals surface area contributed by atoms with E-state index in [0.29, 0.717) is 18.8 Å². The fourth-order valence-corrected chi connectivity index (χ4v) is 4.05. The van der Waals surface area contributed by atoms with Gasteiger partial charge in [-0.15, -0.1) is 24.0 Å². The Morgan fingerprint density at radius 2 is 2.00 bits per heavy atom. The number of aliphatic imine (C=N–C) groups is 1. The second-order valence-electron chi connectivity index (χ2n) is 7.67. The van der Waals surface area contributed by atoms with Crippen molar-refractivity contribution >= 4 is 29.9 Å². The third kappa shape index (κ3) is 8.03. The molecule has 0 amide bonds. The highest BCUT2D eigenvalue weighted by Crippen LogP contribution is 2.16. The molecule has 1 atom stereocenters. The van der Waals surface area contributed by atoms with Crippen LogP contribution < -0.4 is 10.6 Å². The zero-order valence-electron chi connectivity index (χ0n) is 17.9. The van der Waals surface area contributed by atoms with Crippen LogP contribution in [0, 0.1) is 0 Å². The third-order valence-corrected chi connectivity index (χ3v) is 5.74. The van der Waals surface area contributed by atoms with E-state index in [2.05, 4.69) is 51.7 Å². The van der Waals surface area contributed by atoms with Gasteiger partial charge in [0.1, 0.15) is 0 Å². The molecule has 2 heterocycles. The van der Waals surface area contributed by atoms with Crippen molar-refractivity contribution in [1.29, 1.82) is 0 Å². The van der Waals surface area contributed by atoms with Crippen molar-refractivity contribution in [1.82, 2.24) is 15.5 Å². The molecule has 164 valence electrons. The molecule has 2 saturated heterocycles. The van der Waals surface area contributed by atoms with Crippen LogP contribution in [0.25, 0.3) is 0 Å². The molecule has 0 radical (unpaired) electrons. The number of nitrogens with one attached hydrogen (secondary N) is 2. The van der Waals surface area contributed by atoms with Gasteiger partial charge in [-0.1, -0.05) is 31.2 Å². The maximum atomic E-state index is 6.05. The van der Waals surface area contributed by atoms with Crippen molar-refractivity contribution in [2.45, 2.75) is 57.9 Å². The molecule has 6 nitrogen and oxygen atoms in total. The summed E-state index contributed by atoms with van der Waals surface area (Å²) in [6.45, 7) is 8.59. The first-order valence-electron chi connectivity index (χ1n) is 10.7. The van der Waals surface area contributed by atoms with Crippen LogP contribution in [0.3, 0.4) is 0 Å². The van der Waals surface area contributed by atoms with Crippen LogP contribution in [0.5, 0.6) is 0 Å². The Morgan fingerprint density at radius 1 is 1.21 bits per heavy atom. The van der Waals surface area contributed by atoms with E-state index in [1.807, 2.05) is 7.05 Å². The van der Waals surface area contributed by atoms with Crippen molar-refractivity contribution in [3.8, 4) is 0 Å². The maximum Gasteiger partial charge on any atom is 0.191 e. The van der Waals surface area contributed by atoms with Crippen LogP contribution in [-0.2, 0) is 22.6 Å². The Bertz CT molecular complexity index is 623. The first-order chi connectivity index (χ1) is 13.8. The van der Waals surface area contributed by atoms with E-state index in [0.717, 1.165) is 51.6 Å². The number of likely N-dealkylation sites (tertiary alicyclic amines) is 1. The van der Waals surface area contributed by atoms with Crippen molar-refractivity contribution in [3.63, 3.8) is 0 Å². The Kier molecular flexibility index (Phi) is 11.3. The second-order valence-corrected chi connectivity index (χ2v) is 7.67. The lowest BCUT2D eigenvalue weighted by Gasteiger charge is -2.24. The van der Waals surface area contributed by atoms with Gasteiger partial charge >= 0.3 is 0 Å². The maximum absolute atomic E-state index is 6.05. The summed E-state index contributed by atoms with van der Waals surface area (Å²) in [4.78, 5) is 6.92. The van der Waals surface area contributed by atoms with Gasteiger partial charge in [0.25, 0.3) is 0 Å². The summed E-state index contributed by atoms with van der Waals surface area (Å²) >= 11 is 0. The predicted molar refractivity (Wildman–Crippen MR) is 129 cm³/mol. The van der Waals surface area contributed by atoms with Gasteiger partial charge in [0.05, 0.1) is 12.7 Å². The van der Waals surface area contributed by atoms with Crippen LogP contribution in [0.1, 0.15) is 43.7 Å². The normalized spacial score (nSPS) is 21.0. The van der Waals surface area contributed by atoms with Gasteiger partial charge in [-0.25, -0.2) is 0 Å². The minimum absolute atomic E-state index is 0. The van der Waals surface area contributed by atoms with E-state index < -0.39 is 0 Å². The summed E-state index contributed by atoms with van der Waals surface area (Å²) in [5, 5.41) is 6.93. The lowest BCUT2D eigenvalue weighted by atomic mass is 10.1. The van der Waals surface area contributed by atoms with Gasteiger partial charge in [-0.05, 0) is 49.9 Å². The quantitative estimate of drug-likeness (QED) is 0.316. The molecule has 0 aliphatic carbocycles.